The van der Waals surface area contributed by atoms with Crippen LogP contribution in [0.3, 0.4) is 0 Å². The van der Waals surface area contributed by atoms with Gasteiger partial charge in [-0.15, -0.1) is 0 Å². The molecule has 127 valence electrons. The topological polar surface area (TPSA) is 118 Å². The number of anilines is 1. The monoisotopic (exact) mass is 381 g/mol. The van der Waals surface area contributed by atoms with Crippen LogP contribution in [0.5, 0.6) is 0 Å². The van der Waals surface area contributed by atoms with Gasteiger partial charge in [0.25, 0.3) is 0 Å². The normalized spacial score (nSPS) is 29.5. The van der Waals surface area contributed by atoms with Gasteiger partial charge in [-0.3, -0.25) is 4.99 Å². The van der Waals surface area contributed by atoms with Crippen molar-refractivity contribution >= 4 is 30.7 Å². The average Bonchev–Trinajstić information content (AvgIpc) is 3.06. The molecule has 4 atom stereocenters. The Bertz CT molecular complexity index is 729. The molecule has 0 aromatic carbocycles. The molecule has 1 aliphatic rings. The van der Waals surface area contributed by atoms with E-state index in [2.05, 4.69) is 21.8 Å². The summed E-state index contributed by atoms with van der Waals surface area (Å²) in [6, 6.07) is 3.47. The molecule has 3 heterocycles. The Kier molecular flexibility index (Phi) is 6.19. The second-order valence-corrected chi connectivity index (χ2v) is 5.92. The second kappa shape index (κ2) is 7.61. The van der Waals surface area contributed by atoms with E-state index in [9.17, 15) is 10.2 Å². The van der Waals surface area contributed by atoms with Crippen LogP contribution in [-0.2, 0) is 48.8 Å². The molecule has 2 unspecified atom stereocenters. The molecule has 3 rings (SSSR count). The Labute approximate surface area is 163 Å². The van der Waals surface area contributed by atoms with Gasteiger partial charge in [0.1, 0.15) is 24.1 Å². The van der Waals surface area contributed by atoms with Crippen LogP contribution in [0, 0.1) is 0 Å². The minimum Gasteiger partial charge on any atom is -0.792 e. The fourth-order valence-corrected chi connectivity index (χ4v) is 3.33. The van der Waals surface area contributed by atoms with Crippen molar-refractivity contribution < 1.29 is 40.8 Å². The number of nitrogens with two attached hydrogens (primary N) is 1. The SMILES string of the molecule is C=NC[C@@]1(c2ccc3c(N)ncnn23)O[C@H](CC[S-])C(O)C1O.[Sc]. The molecule has 0 saturated carbocycles. The molecule has 24 heavy (non-hydrogen) atoms. The number of aromatic nitrogens is 3. The molecule has 1 fully saturated rings. The van der Waals surface area contributed by atoms with Crippen molar-refractivity contribution in [3.63, 3.8) is 0 Å². The number of hydrogen-bond acceptors (Lipinski definition) is 8. The van der Waals surface area contributed by atoms with Crippen molar-refractivity contribution in [2.24, 2.45) is 4.99 Å². The summed E-state index contributed by atoms with van der Waals surface area (Å²) in [5, 5.41) is 25.2. The molecule has 2 aromatic rings. The van der Waals surface area contributed by atoms with Crippen molar-refractivity contribution in [2.45, 2.75) is 30.3 Å². The summed E-state index contributed by atoms with van der Waals surface area (Å²) in [4.78, 5) is 7.83. The molecule has 8 nitrogen and oxygen atoms in total. The van der Waals surface area contributed by atoms with Crippen LogP contribution in [0.4, 0.5) is 5.82 Å². The van der Waals surface area contributed by atoms with E-state index < -0.39 is 23.9 Å². The number of hydrogen-bond donors (Lipinski definition) is 3. The first-order valence-electron chi connectivity index (χ1n) is 7.18. The van der Waals surface area contributed by atoms with Gasteiger partial charge in [-0.25, -0.2) is 9.50 Å². The fraction of sp³-hybridized carbons (Fsp3) is 0.500. The van der Waals surface area contributed by atoms with E-state index in [0.29, 0.717) is 29.2 Å². The van der Waals surface area contributed by atoms with Crippen LogP contribution < -0.4 is 5.73 Å². The summed E-state index contributed by atoms with van der Waals surface area (Å²) in [5.74, 6) is 0.721. The second-order valence-electron chi connectivity index (χ2n) is 5.52. The number of nitrogens with zero attached hydrogens (tertiary/aromatic N) is 4. The number of aliphatic hydroxyl groups is 2. The first-order valence-corrected chi connectivity index (χ1v) is 7.76. The molecule has 2 aromatic heterocycles. The number of aliphatic hydroxyl groups excluding tert-OH is 2. The molecule has 4 N–H and O–H groups in total. The Balaban J connectivity index is 0.00000208. The van der Waals surface area contributed by atoms with Crippen LogP contribution in [0.15, 0.2) is 23.5 Å². The third kappa shape index (κ3) is 2.94. The van der Waals surface area contributed by atoms with Gasteiger partial charge in [-0.2, -0.15) is 10.9 Å². The fourth-order valence-electron chi connectivity index (χ4n) is 3.10. The summed E-state index contributed by atoms with van der Waals surface area (Å²) in [6.45, 7) is 3.56. The maximum atomic E-state index is 10.7. The quantitative estimate of drug-likeness (QED) is 0.461. The van der Waals surface area contributed by atoms with Gasteiger partial charge < -0.3 is 33.3 Å². The predicted molar refractivity (Wildman–Crippen MR) is 87.2 cm³/mol. The molecule has 0 aliphatic carbocycles. The molecule has 10 heteroatoms. The van der Waals surface area contributed by atoms with E-state index in [1.165, 1.54) is 6.33 Å². The minimum atomic E-state index is -1.26. The van der Waals surface area contributed by atoms with Gasteiger partial charge >= 0.3 is 0 Å². The number of rotatable bonds is 5. The van der Waals surface area contributed by atoms with E-state index in [4.69, 9.17) is 23.1 Å². The molecule has 0 spiro atoms. The van der Waals surface area contributed by atoms with Crippen molar-refractivity contribution in [3.05, 3.63) is 24.2 Å². The first-order chi connectivity index (χ1) is 11.0. The average molecular weight is 381 g/mol. The number of ether oxygens (including phenoxy) is 1. The van der Waals surface area contributed by atoms with Gasteiger partial charge in [0.2, 0.25) is 0 Å². The van der Waals surface area contributed by atoms with Crippen LogP contribution in [-0.4, -0.2) is 62.1 Å². The van der Waals surface area contributed by atoms with Crippen LogP contribution >= 0.6 is 0 Å². The standard InChI is InChI=1S/C14H19N5O3S.Sc/c1-16-6-14(12(21)11(20)9(22-14)4-5-23)10-3-2-8-13(15)17-7-18-19(8)10;/h2-3,7,9,11-12,20-21,23H,1,4-6H2,(H2,15,17,18);/p-1/t9-,11?,12?,14+;/m1./s1. The Morgan fingerprint density at radius 3 is 2.88 bits per heavy atom. The molecule has 1 aliphatic heterocycles. The van der Waals surface area contributed by atoms with Gasteiger partial charge in [0.15, 0.2) is 11.4 Å². The van der Waals surface area contributed by atoms with Crippen LogP contribution in [0.2, 0.25) is 0 Å². The van der Waals surface area contributed by atoms with Gasteiger partial charge in [0.05, 0.1) is 18.3 Å². The van der Waals surface area contributed by atoms with Gasteiger partial charge in [-0.1, -0.05) is 0 Å². The summed E-state index contributed by atoms with van der Waals surface area (Å²) >= 11 is 4.96. The number of aliphatic imine (C=N–C) groups is 1. The Morgan fingerprint density at radius 1 is 1.46 bits per heavy atom. The van der Waals surface area contributed by atoms with E-state index >= 15 is 0 Å². The Hall–Kier alpha value is -0.810. The maximum absolute atomic E-state index is 10.7. The zero-order valence-corrected chi connectivity index (χ0v) is 15.6. The molecular formula is C14H18N5O3SSc-. The molecule has 0 bridgehead atoms. The van der Waals surface area contributed by atoms with E-state index in [1.54, 1.807) is 16.6 Å². The molecule has 1 saturated heterocycles. The third-order valence-electron chi connectivity index (χ3n) is 4.21. The molecule has 0 amide bonds. The summed E-state index contributed by atoms with van der Waals surface area (Å²) < 4.78 is 7.57. The summed E-state index contributed by atoms with van der Waals surface area (Å²) in [6.07, 6.45) is -1.06. The van der Waals surface area contributed by atoms with Crippen molar-refractivity contribution in [2.75, 3.05) is 18.0 Å². The number of nitrogen functional groups attached to an aromatic ring is 1. The summed E-state index contributed by atoms with van der Waals surface area (Å²) in [7, 11) is 0. The van der Waals surface area contributed by atoms with Gasteiger partial charge in [-0.05, 0) is 25.3 Å². The van der Waals surface area contributed by atoms with E-state index in [-0.39, 0.29) is 32.4 Å². The largest absolute Gasteiger partial charge is 0.792 e. The zero-order chi connectivity index (χ0) is 16.6. The maximum Gasteiger partial charge on any atom is 0.158 e. The number of fused-ring (bicyclic) bond motifs is 1. The minimum absolute atomic E-state index is 0. The van der Waals surface area contributed by atoms with E-state index in [0.717, 1.165) is 0 Å². The Morgan fingerprint density at radius 2 is 2.21 bits per heavy atom. The smallest absolute Gasteiger partial charge is 0.158 e. The summed E-state index contributed by atoms with van der Waals surface area (Å²) in [5.41, 5.74) is 5.71. The van der Waals surface area contributed by atoms with E-state index in [1.807, 2.05) is 0 Å². The van der Waals surface area contributed by atoms with Crippen LogP contribution in [0.1, 0.15) is 12.1 Å². The van der Waals surface area contributed by atoms with Crippen molar-refractivity contribution in [1.82, 2.24) is 14.6 Å². The zero-order valence-electron chi connectivity index (χ0n) is 12.9. The van der Waals surface area contributed by atoms with Crippen molar-refractivity contribution in [1.29, 1.82) is 0 Å². The molecule has 1 radical (unpaired) electrons. The third-order valence-corrected chi connectivity index (χ3v) is 4.44. The molecular weight excluding hydrogens is 363 g/mol. The predicted octanol–water partition coefficient (Wildman–Crippen LogP) is -0.737. The van der Waals surface area contributed by atoms with Crippen LogP contribution in [0.25, 0.3) is 5.52 Å². The first kappa shape index (κ1) is 19.5. The van der Waals surface area contributed by atoms with Crippen molar-refractivity contribution in [3.8, 4) is 0 Å². The van der Waals surface area contributed by atoms with Gasteiger partial charge in [0, 0.05) is 25.8 Å².